The summed E-state index contributed by atoms with van der Waals surface area (Å²) in [4.78, 5) is 7.90. The van der Waals surface area contributed by atoms with Crippen LogP contribution in [0, 0.1) is 0 Å². The summed E-state index contributed by atoms with van der Waals surface area (Å²) in [7, 11) is 0. The van der Waals surface area contributed by atoms with E-state index in [1.807, 2.05) is 6.26 Å². The number of rotatable bonds is 6. The number of aromatic nitrogens is 2. The van der Waals surface area contributed by atoms with E-state index in [-0.39, 0.29) is 13.2 Å². The number of hydrogen-bond acceptors (Lipinski definition) is 5. The van der Waals surface area contributed by atoms with Crippen molar-refractivity contribution in [2.45, 2.75) is 11.8 Å². The molecule has 7 heteroatoms. The van der Waals surface area contributed by atoms with Crippen LogP contribution in [0.2, 0.25) is 0 Å². The third-order valence-corrected chi connectivity index (χ3v) is 1.96. The van der Waals surface area contributed by atoms with Gasteiger partial charge in [0.1, 0.15) is 6.61 Å². The Morgan fingerprint density at radius 2 is 2.00 bits per heavy atom. The van der Waals surface area contributed by atoms with Gasteiger partial charge in [0.2, 0.25) is 0 Å². The highest BCUT2D eigenvalue weighted by molar-refractivity contribution is 7.98. The van der Waals surface area contributed by atoms with Crippen LogP contribution in [0.4, 0.5) is 8.78 Å². The number of nitrogens with zero attached hydrogens (tertiary/aromatic N) is 2. The maximum Gasteiger partial charge on any atom is 0.345 e. The Bertz CT molecular complexity index is 284. The molecule has 1 rings (SSSR count). The fourth-order valence-electron chi connectivity index (χ4n) is 0.781. The fraction of sp³-hybridized carbons (Fsp3) is 0.500. The second kappa shape index (κ2) is 6.52. The molecular formula is C8H10F2N2O2S. The number of halogens is 2. The molecule has 1 aromatic rings. The Morgan fingerprint density at radius 1 is 1.33 bits per heavy atom. The summed E-state index contributed by atoms with van der Waals surface area (Å²) in [5, 5.41) is 0.631. The van der Waals surface area contributed by atoms with Crippen molar-refractivity contribution in [3.8, 4) is 5.75 Å². The van der Waals surface area contributed by atoms with Crippen LogP contribution in [0.5, 0.6) is 5.75 Å². The first kappa shape index (κ1) is 12.1. The van der Waals surface area contributed by atoms with Crippen molar-refractivity contribution in [2.75, 3.05) is 19.5 Å². The molecule has 0 radical (unpaired) electrons. The standard InChI is InChI=1S/C8H10F2N2O2S/c1-15-8-11-4-6(5-12-8)13-2-3-14-7(9)10/h4-5,7H,2-3H2,1H3. The van der Waals surface area contributed by atoms with Gasteiger partial charge in [-0.1, -0.05) is 11.8 Å². The summed E-state index contributed by atoms with van der Waals surface area (Å²) in [6.07, 6.45) is 4.83. The van der Waals surface area contributed by atoms with E-state index in [1.54, 1.807) is 0 Å². The Kier molecular flexibility index (Phi) is 5.27. The predicted molar refractivity (Wildman–Crippen MR) is 51.3 cm³/mol. The minimum atomic E-state index is -2.76. The molecule has 0 unspecified atom stereocenters. The van der Waals surface area contributed by atoms with E-state index < -0.39 is 6.61 Å². The summed E-state index contributed by atoms with van der Waals surface area (Å²) in [5.41, 5.74) is 0. The van der Waals surface area contributed by atoms with E-state index in [9.17, 15) is 8.78 Å². The van der Waals surface area contributed by atoms with E-state index in [2.05, 4.69) is 14.7 Å². The Hall–Kier alpha value is -0.950. The first-order valence-corrected chi connectivity index (χ1v) is 5.33. The lowest BCUT2D eigenvalue weighted by Crippen LogP contribution is -2.10. The van der Waals surface area contributed by atoms with Crippen molar-refractivity contribution in [1.29, 1.82) is 0 Å². The second-order valence-electron chi connectivity index (χ2n) is 2.39. The van der Waals surface area contributed by atoms with Crippen molar-refractivity contribution in [3.05, 3.63) is 12.4 Å². The van der Waals surface area contributed by atoms with E-state index in [1.165, 1.54) is 24.2 Å². The van der Waals surface area contributed by atoms with Crippen molar-refractivity contribution in [3.63, 3.8) is 0 Å². The lowest BCUT2D eigenvalue weighted by Gasteiger charge is -2.05. The van der Waals surface area contributed by atoms with Crippen LogP contribution in [-0.4, -0.2) is 36.0 Å². The maximum absolute atomic E-state index is 11.6. The molecule has 0 saturated heterocycles. The minimum absolute atomic E-state index is 0.0479. The lowest BCUT2D eigenvalue weighted by atomic mass is 10.6. The molecule has 0 aliphatic heterocycles. The van der Waals surface area contributed by atoms with Gasteiger partial charge >= 0.3 is 6.61 Å². The first-order valence-electron chi connectivity index (χ1n) is 4.11. The van der Waals surface area contributed by atoms with E-state index in [0.29, 0.717) is 10.9 Å². The van der Waals surface area contributed by atoms with Gasteiger partial charge in [0.25, 0.3) is 0 Å². The molecule has 0 bridgehead atoms. The molecule has 4 nitrogen and oxygen atoms in total. The van der Waals surface area contributed by atoms with Gasteiger partial charge in [0, 0.05) is 0 Å². The van der Waals surface area contributed by atoms with Crippen LogP contribution >= 0.6 is 11.8 Å². The third-order valence-electron chi connectivity index (χ3n) is 1.38. The third kappa shape index (κ3) is 4.89. The molecule has 0 aliphatic carbocycles. The predicted octanol–water partition coefficient (Wildman–Crippen LogP) is 1.82. The molecule has 0 aliphatic rings. The molecular weight excluding hydrogens is 226 g/mol. The Labute approximate surface area is 90.0 Å². The Balaban J connectivity index is 2.25. The molecule has 0 fully saturated rings. The fourth-order valence-corrected chi connectivity index (χ4v) is 1.10. The normalized spacial score (nSPS) is 10.7. The van der Waals surface area contributed by atoms with E-state index in [4.69, 9.17) is 4.74 Å². The zero-order valence-corrected chi connectivity index (χ0v) is 8.84. The van der Waals surface area contributed by atoms with Crippen LogP contribution < -0.4 is 4.74 Å². The SMILES string of the molecule is CSc1ncc(OCCOC(F)F)cn1. The van der Waals surface area contributed by atoms with E-state index in [0.717, 1.165) is 0 Å². The number of ether oxygens (including phenoxy) is 2. The van der Waals surface area contributed by atoms with Crippen molar-refractivity contribution < 1.29 is 18.3 Å². The van der Waals surface area contributed by atoms with Crippen LogP contribution in [-0.2, 0) is 4.74 Å². The van der Waals surface area contributed by atoms with Crippen molar-refractivity contribution in [2.24, 2.45) is 0 Å². The summed E-state index contributed by atoms with van der Waals surface area (Å²) < 4.78 is 32.2. The molecule has 0 N–H and O–H groups in total. The summed E-state index contributed by atoms with van der Waals surface area (Å²) in [6.45, 7) is -2.88. The highest BCUT2D eigenvalue weighted by Gasteiger charge is 2.01. The zero-order valence-electron chi connectivity index (χ0n) is 8.02. The van der Waals surface area contributed by atoms with Gasteiger partial charge in [-0.2, -0.15) is 8.78 Å². The first-order chi connectivity index (χ1) is 7.22. The average Bonchev–Trinajstić information content (AvgIpc) is 2.25. The minimum Gasteiger partial charge on any atom is -0.488 e. The monoisotopic (exact) mass is 236 g/mol. The van der Waals surface area contributed by atoms with Gasteiger partial charge in [-0.25, -0.2) is 9.97 Å². The molecule has 15 heavy (non-hydrogen) atoms. The highest BCUT2D eigenvalue weighted by Crippen LogP contribution is 2.11. The van der Waals surface area contributed by atoms with Gasteiger partial charge in [-0.05, 0) is 6.26 Å². The molecule has 0 atom stereocenters. The number of thioether (sulfide) groups is 1. The quantitative estimate of drug-likeness (QED) is 0.428. The molecule has 84 valence electrons. The van der Waals surface area contributed by atoms with Gasteiger partial charge in [0.15, 0.2) is 10.9 Å². The highest BCUT2D eigenvalue weighted by atomic mass is 32.2. The summed E-state index contributed by atoms with van der Waals surface area (Å²) in [5.74, 6) is 0.436. The van der Waals surface area contributed by atoms with Crippen LogP contribution in [0.3, 0.4) is 0 Å². The molecule has 0 saturated carbocycles. The second-order valence-corrected chi connectivity index (χ2v) is 3.16. The summed E-state index contributed by atoms with van der Waals surface area (Å²) in [6, 6.07) is 0. The molecule has 0 amide bonds. The smallest absolute Gasteiger partial charge is 0.345 e. The molecule has 1 aromatic heterocycles. The van der Waals surface area contributed by atoms with E-state index >= 15 is 0 Å². The van der Waals surface area contributed by atoms with Crippen molar-refractivity contribution >= 4 is 11.8 Å². The zero-order chi connectivity index (χ0) is 11.1. The summed E-state index contributed by atoms with van der Waals surface area (Å²) >= 11 is 1.41. The lowest BCUT2D eigenvalue weighted by molar-refractivity contribution is -0.133. The molecule has 1 heterocycles. The molecule has 0 spiro atoms. The van der Waals surface area contributed by atoms with Crippen molar-refractivity contribution in [1.82, 2.24) is 9.97 Å². The topological polar surface area (TPSA) is 44.2 Å². The Morgan fingerprint density at radius 3 is 2.53 bits per heavy atom. The van der Waals surface area contributed by atoms with Gasteiger partial charge in [0.05, 0.1) is 19.0 Å². The molecule has 0 aromatic carbocycles. The van der Waals surface area contributed by atoms with Gasteiger partial charge < -0.3 is 9.47 Å². The van der Waals surface area contributed by atoms with Crippen LogP contribution in [0.15, 0.2) is 17.6 Å². The van der Waals surface area contributed by atoms with Gasteiger partial charge in [-0.3, -0.25) is 0 Å². The largest absolute Gasteiger partial charge is 0.488 e. The number of hydrogen-bond donors (Lipinski definition) is 0. The average molecular weight is 236 g/mol. The van der Waals surface area contributed by atoms with Gasteiger partial charge in [-0.15, -0.1) is 0 Å². The number of alkyl halides is 2. The maximum atomic E-state index is 11.6. The van der Waals surface area contributed by atoms with Crippen LogP contribution in [0.1, 0.15) is 0 Å². The van der Waals surface area contributed by atoms with Crippen LogP contribution in [0.25, 0.3) is 0 Å².